The summed E-state index contributed by atoms with van der Waals surface area (Å²) in [5.41, 5.74) is 3.78. The van der Waals surface area contributed by atoms with Gasteiger partial charge in [0.25, 0.3) is 0 Å². The van der Waals surface area contributed by atoms with Crippen LogP contribution in [0.2, 0.25) is 0 Å². The third kappa shape index (κ3) is 3.46. The lowest BCUT2D eigenvalue weighted by atomic mass is 10.0. The molecular formula is C21H26N4S. The first-order valence-corrected chi connectivity index (χ1v) is 10.3. The van der Waals surface area contributed by atoms with Crippen molar-refractivity contribution in [1.82, 2.24) is 14.9 Å². The van der Waals surface area contributed by atoms with Crippen molar-refractivity contribution in [3.8, 4) is 11.1 Å². The summed E-state index contributed by atoms with van der Waals surface area (Å²) < 4.78 is 0. The molecule has 2 aromatic heterocycles. The van der Waals surface area contributed by atoms with Gasteiger partial charge in [0.1, 0.15) is 17.0 Å². The van der Waals surface area contributed by atoms with Gasteiger partial charge in [0.15, 0.2) is 0 Å². The Morgan fingerprint density at radius 3 is 2.46 bits per heavy atom. The van der Waals surface area contributed by atoms with Crippen LogP contribution in [0.1, 0.15) is 19.4 Å². The van der Waals surface area contributed by atoms with E-state index < -0.39 is 0 Å². The van der Waals surface area contributed by atoms with Crippen LogP contribution in [0.15, 0.2) is 36.0 Å². The monoisotopic (exact) mass is 366 g/mol. The number of nitrogens with zero attached hydrogens (tertiary/aromatic N) is 4. The molecule has 1 fully saturated rings. The Hall–Kier alpha value is -1.98. The number of aromatic nitrogens is 2. The summed E-state index contributed by atoms with van der Waals surface area (Å²) in [5.74, 6) is 1.81. The van der Waals surface area contributed by atoms with E-state index in [9.17, 15) is 0 Å². The molecule has 3 aromatic rings. The second-order valence-corrected chi connectivity index (χ2v) is 8.43. The van der Waals surface area contributed by atoms with Crippen LogP contribution in [0.4, 0.5) is 5.82 Å². The molecule has 5 heteroatoms. The number of aryl methyl sites for hydroxylation is 1. The highest BCUT2D eigenvalue weighted by Gasteiger charge is 2.22. The average Bonchev–Trinajstić information content (AvgIpc) is 3.07. The number of piperazine rings is 1. The summed E-state index contributed by atoms with van der Waals surface area (Å²) in [5, 5.41) is 3.43. The van der Waals surface area contributed by atoms with Crippen molar-refractivity contribution in [2.24, 2.45) is 5.92 Å². The first kappa shape index (κ1) is 17.4. The Morgan fingerprint density at radius 2 is 1.77 bits per heavy atom. The van der Waals surface area contributed by atoms with E-state index in [2.05, 4.69) is 65.2 Å². The van der Waals surface area contributed by atoms with Gasteiger partial charge in [0.05, 0.1) is 5.39 Å². The highest BCUT2D eigenvalue weighted by Crippen LogP contribution is 2.38. The molecule has 0 aliphatic carbocycles. The highest BCUT2D eigenvalue weighted by atomic mass is 32.1. The zero-order chi connectivity index (χ0) is 18.1. The van der Waals surface area contributed by atoms with Crippen LogP contribution >= 0.6 is 11.3 Å². The zero-order valence-electron chi connectivity index (χ0n) is 15.8. The van der Waals surface area contributed by atoms with Gasteiger partial charge in [-0.3, -0.25) is 4.90 Å². The molecule has 136 valence electrons. The van der Waals surface area contributed by atoms with Gasteiger partial charge >= 0.3 is 0 Å². The lowest BCUT2D eigenvalue weighted by Gasteiger charge is -2.36. The molecule has 1 aliphatic heterocycles. The van der Waals surface area contributed by atoms with E-state index in [1.165, 1.54) is 28.6 Å². The van der Waals surface area contributed by atoms with Crippen molar-refractivity contribution in [3.05, 3.63) is 41.5 Å². The number of hydrogen-bond acceptors (Lipinski definition) is 5. The maximum absolute atomic E-state index is 4.70. The van der Waals surface area contributed by atoms with Crippen LogP contribution in [0, 0.1) is 12.8 Å². The predicted octanol–water partition coefficient (Wildman–Crippen LogP) is 4.44. The minimum atomic E-state index is 0.720. The summed E-state index contributed by atoms with van der Waals surface area (Å²) in [6.45, 7) is 12.2. The Balaban J connectivity index is 1.66. The Morgan fingerprint density at radius 1 is 1.04 bits per heavy atom. The molecular weight excluding hydrogens is 340 g/mol. The molecule has 0 spiro atoms. The van der Waals surface area contributed by atoms with E-state index in [4.69, 9.17) is 4.98 Å². The van der Waals surface area contributed by atoms with E-state index >= 15 is 0 Å². The lowest BCUT2D eigenvalue weighted by Crippen LogP contribution is -2.47. The number of fused-ring (bicyclic) bond motifs is 1. The molecule has 0 bridgehead atoms. The lowest BCUT2D eigenvalue weighted by molar-refractivity contribution is 0.231. The smallest absolute Gasteiger partial charge is 0.141 e. The van der Waals surface area contributed by atoms with Gasteiger partial charge in [0, 0.05) is 43.7 Å². The number of thiophene rings is 1. The van der Waals surface area contributed by atoms with Crippen molar-refractivity contribution in [1.29, 1.82) is 0 Å². The summed E-state index contributed by atoms with van der Waals surface area (Å²) in [4.78, 5) is 15.3. The van der Waals surface area contributed by atoms with Gasteiger partial charge < -0.3 is 4.90 Å². The average molecular weight is 367 g/mol. The number of hydrogen-bond donors (Lipinski definition) is 0. The largest absolute Gasteiger partial charge is 0.353 e. The van der Waals surface area contributed by atoms with Gasteiger partial charge in [0.2, 0.25) is 0 Å². The van der Waals surface area contributed by atoms with Crippen molar-refractivity contribution < 1.29 is 0 Å². The molecule has 4 rings (SSSR count). The molecule has 4 nitrogen and oxygen atoms in total. The first-order chi connectivity index (χ1) is 12.6. The number of benzene rings is 1. The summed E-state index contributed by atoms with van der Waals surface area (Å²) >= 11 is 1.71. The predicted molar refractivity (Wildman–Crippen MR) is 111 cm³/mol. The Kier molecular flexibility index (Phi) is 4.92. The SMILES string of the molecule is Cc1ccc(-c2csc3ncnc(N4CCN(CC(C)C)CC4)c23)cc1. The maximum Gasteiger partial charge on any atom is 0.141 e. The molecule has 1 saturated heterocycles. The summed E-state index contributed by atoms with van der Waals surface area (Å²) in [6.07, 6.45) is 1.72. The van der Waals surface area contributed by atoms with Crippen LogP contribution in [-0.4, -0.2) is 47.6 Å². The third-order valence-corrected chi connectivity index (χ3v) is 5.89. The van der Waals surface area contributed by atoms with Gasteiger partial charge in [-0.25, -0.2) is 9.97 Å². The van der Waals surface area contributed by atoms with Gasteiger partial charge in [-0.1, -0.05) is 43.7 Å². The molecule has 0 amide bonds. The molecule has 1 aromatic carbocycles. The normalized spacial score (nSPS) is 15.9. The topological polar surface area (TPSA) is 32.3 Å². The molecule has 0 saturated carbocycles. The number of anilines is 1. The second kappa shape index (κ2) is 7.33. The number of rotatable bonds is 4. The van der Waals surface area contributed by atoms with E-state index in [1.807, 2.05) is 0 Å². The van der Waals surface area contributed by atoms with Crippen LogP contribution in [0.25, 0.3) is 21.3 Å². The quantitative estimate of drug-likeness (QED) is 0.683. The summed E-state index contributed by atoms with van der Waals surface area (Å²) in [6, 6.07) is 8.75. The fourth-order valence-electron chi connectivity index (χ4n) is 3.70. The van der Waals surface area contributed by atoms with E-state index in [-0.39, 0.29) is 0 Å². The van der Waals surface area contributed by atoms with Gasteiger partial charge in [-0.15, -0.1) is 11.3 Å². The van der Waals surface area contributed by atoms with E-state index in [1.54, 1.807) is 17.7 Å². The van der Waals surface area contributed by atoms with E-state index in [0.717, 1.165) is 42.7 Å². The van der Waals surface area contributed by atoms with Crippen molar-refractivity contribution >= 4 is 27.4 Å². The molecule has 26 heavy (non-hydrogen) atoms. The molecule has 3 heterocycles. The molecule has 0 radical (unpaired) electrons. The second-order valence-electron chi connectivity index (χ2n) is 7.57. The van der Waals surface area contributed by atoms with Crippen LogP contribution < -0.4 is 4.90 Å². The fourth-order valence-corrected chi connectivity index (χ4v) is 4.61. The van der Waals surface area contributed by atoms with Crippen molar-refractivity contribution in [2.75, 3.05) is 37.6 Å². The Bertz CT molecular complexity index is 877. The van der Waals surface area contributed by atoms with Crippen LogP contribution in [-0.2, 0) is 0 Å². The van der Waals surface area contributed by atoms with Crippen LogP contribution in [0.3, 0.4) is 0 Å². The standard InChI is InChI=1S/C21H26N4S/c1-15(2)12-24-8-10-25(11-9-24)20-19-18(13-26-21(19)23-14-22-20)17-6-4-16(3)5-7-17/h4-7,13-15H,8-12H2,1-3H3. The Labute approximate surface area is 159 Å². The maximum atomic E-state index is 4.70. The summed E-state index contributed by atoms with van der Waals surface area (Å²) in [7, 11) is 0. The fraction of sp³-hybridized carbons (Fsp3) is 0.429. The van der Waals surface area contributed by atoms with Gasteiger partial charge in [-0.05, 0) is 18.4 Å². The molecule has 1 aliphatic rings. The van der Waals surface area contributed by atoms with E-state index in [0.29, 0.717) is 0 Å². The van der Waals surface area contributed by atoms with Crippen molar-refractivity contribution in [3.63, 3.8) is 0 Å². The van der Waals surface area contributed by atoms with Gasteiger partial charge in [-0.2, -0.15) is 0 Å². The minimum Gasteiger partial charge on any atom is -0.353 e. The van der Waals surface area contributed by atoms with Crippen molar-refractivity contribution in [2.45, 2.75) is 20.8 Å². The third-order valence-electron chi connectivity index (χ3n) is 5.01. The zero-order valence-corrected chi connectivity index (χ0v) is 16.6. The minimum absolute atomic E-state index is 0.720. The molecule has 0 N–H and O–H groups in total. The highest BCUT2D eigenvalue weighted by molar-refractivity contribution is 7.17. The molecule has 0 unspecified atom stereocenters. The first-order valence-electron chi connectivity index (χ1n) is 9.38. The van der Waals surface area contributed by atoms with Crippen LogP contribution in [0.5, 0.6) is 0 Å². The molecule has 0 atom stereocenters.